The number of hydrogen-bond donors (Lipinski definition) is 1. The summed E-state index contributed by atoms with van der Waals surface area (Å²) in [4.78, 5) is 24.8. The van der Waals surface area contributed by atoms with Crippen molar-refractivity contribution in [3.8, 4) is 28.0 Å². The van der Waals surface area contributed by atoms with Gasteiger partial charge in [0.25, 0.3) is 5.91 Å². The molecule has 34 heavy (non-hydrogen) atoms. The Labute approximate surface area is 197 Å². The minimum absolute atomic E-state index is 0.0413. The highest BCUT2D eigenvalue weighted by Gasteiger charge is 2.23. The minimum atomic E-state index is -0.359. The van der Waals surface area contributed by atoms with Gasteiger partial charge in [-0.1, -0.05) is 0 Å². The lowest BCUT2D eigenvalue weighted by molar-refractivity contribution is -0.850. The fourth-order valence-electron chi connectivity index (χ4n) is 4.00. The number of nitrogens with zero attached hydrogens (tertiary/aromatic N) is 1. The van der Waals surface area contributed by atoms with Crippen LogP contribution in [0, 0.1) is 13.8 Å². The summed E-state index contributed by atoms with van der Waals surface area (Å²) >= 11 is 0. The Bertz CT molecular complexity index is 1370. The van der Waals surface area contributed by atoms with Crippen molar-refractivity contribution in [3.05, 3.63) is 77.6 Å². The lowest BCUT2D eigenvalue weighted by atomic mass is 9.95. The van der Waals surface area contributed by atoms with Gasteiger partial charge in [0.05, 0.1) is 18.4 Å². The summed E-state index contributed by atoms with van der Waals surface area (Å²) in [5.41, 5.74) is 5.44. The third kappa shape index (κ3) is 4.50. The van der Waals surface area contributed by atoms with Crippen molar-refractivity contribution < 1.29 is 28.0 Å². The average molecular weight is 460 g/mol. The molecule has 0 fully saturated rings. The predicted octanol–water partition coefficient (Wildman–Crippen LogP) is 5.50. The molecule has 0 saturated heterocycles. The Kier molecular flexibility index (Phi) is 6.36. The number of benzene rings is 2. The number of ketones is 1. The van der Waals surface area contributed by atoms with Crippen molar-refractivity contribution in [2.24, 2.45) is 7.05 Å². The van der Waals surface area contributed by atoms with Crippen molar-refractivity contribution in [3.63, 3.8) is 0 Å². The molecule has 0 spiro atoms. The molecule has 0 aliphatic heterocycles. The summed E-state index contributed by atoms with van der Waals surface area (Å²) in [5.74, 6) is 1.21. The summed E-state index contributed by atoms with van der Waals surface area (Å²) in [6, 6.07) is 14.4. The van der Waals surface area contributed by atoms with E-state index in [4.69, 9.17) is 13.7 Å². The molecule has 0 aliphatic carbocycles. The van der Waals surface area contributed by atoms with Crippen molar-refractivity contribution in [2.75, 3.05) is 11.9 Å². The van der Waals surface area contributed by atoms with Crippen LogP contribution in [0.1, 0.15) is 46.2 Å². The van der Waals surface area contributed by atoms with E-state index in [1.54, 1.807) is 29.0 Å². The van der Waals surface area contributed by atoms with Gasteiger partial charge in [-0.15, -0.1) is 0 Å². The molecule has 174 valence electrons. The maximum absolute atomic E-state index is 12.7. The molecule has 0 atom stereocenters. The summed E-state index contributed by atoms with van der Waals surface area (Å²) in [5, 5.41) is 2.92. The second-order valence-corrected chi connectivity index (χ2v) is 8.04. The summed E-state index contributed by atoms with van der Waals surface area (Å²) in [6.07, 6.45) is 1.45. The third-order valence-corrected chi connectivity index (χ3v) is 5.68. The van der Waals surface area contributed by atoms with Gasteiger partial charge < -0.3 is 14.5 Å². The first-order chi connectivity index (χ1) is 16.3. The van der Waals surface area contributed by atoms with Gasteiger partial charge in [0, 0.05) is 30.7 Å². The Hall–Kier alpha value is -4.13. The zero-order chi connectivity index (χ0) is 24.4. The fraction of sp³-hybridized carbons (Fsp3) is 0.222. The number of carbonyl (C=O) groups excluding carboxylic acids is 2. The van der Waals surface area contributed by atoms with Gasteiger partial charge in [0.1, 0.15) is 5.75 Å². The van der Waals surface area contributed by atoms with Gasteiger partial charge >= 0.3 is 0 Å². The molecule has 0 aliphatic rings. The number of carbonyl (C=O) groups is 2. The third-order valence-electron chi connectivity index (χ3n) is 5.68. The van der Waals surface area contributed by atoms with Crippen LogP contribution < -0.4 is 14.8 Å². The van der Waals surface area contributed by atoms with Gasteiger partial charge in [-0.3, -0.25) is 9.59 Å². The lowest BCUT2D eigenvalue weighted by Crippen LogP contribution is -2.27. The van der Waals surface area contributed by atoms with E-state index < -0.39 is 0 Å². The number of anilines is 1. The van der Waals surface area contributed by atoms with Crippen LogP contribution in [-0.2, 0) is 7.05 Å². The number of ether oxygens (including phenoxy) is 1. The molecule has 1 N–H and O–H groups in total. The molecule has 1 amide bonds. The second kappa shape index (κ2) is 9.39. The Morgan fingerprint density at radius 1 is 1.06 bits per heavy atom. The molecule has 0 radical (unpaired) electrons. The van der Waals surface area contributed by atoms with Crippen molar-refractivity contribution in [2.45, 2.75) is 27.7 Å². The van der Waals surface area contributed by atoms with Crippen molar-refractivity contribution in [1.82, 2.24) is 0 Å². The molecule has 0 saturated carbocycles. The predicted molar refractivity (Wildman–Crippen MR) is 128 cm³/mol. The summed E-state index contributed by atoms with van der Waals surface area (Å²) in [7, 11) is 1.85. The van der Waals surface area contributed by atoms with Gasteiger partial charge in [-0.2, -0.15) is 0 Å². The molecule has 7 heteroatoms. The number of amides is 1. The van der Waals surface area contributed by atoms with E-state index in [0.29, 0.717) is 23.6 Å². The zero-order valence-electron chi connectivity index (χ0n) is 19.9. The van der Waals surface area contributed by atoms with Crippen LogP contribution in [-0.4, -0.2) is 18.3 Å². The minimum Gasteiger partial charge on any atom is -0.493 e. The number of nitrogens with one attached hydrogen (secondary N) is 1. The van der Waals surface area contributed by atoms with Gasteiger partial charge in [-0.05, 0) is 78.2 Å². The van der Waals surface area contributed by atoms with Crippen molar-refractivity contribution in [1.29, 1.82) is 0 Å². The van der Waals surface area contributed by atoms with Crippen LogP contribution in [0.2, 0.25) is 0 Å². The maximum Gasteiger partial charge on any atom is 0.291 e. The molecule has 0 bridgehead atoms. The van der Waals surface area contributed by atoms with Gasteiger partial charge in [-0.25, -0.2) is 4.52 Å². The topological polar surface area (TPSA) is 85.6 Å². The monoisotopic (exact) mass is 459 g/mol. The van der Waals surface area contributed by atoms with E-state index >= 15 is 0 Å². The summed E-state index contributed by atoms with van der Waals surface area (Å²) < 4.78 is 18.6. The standard InChI is InChI=1S/C27H26N2O5/c1-6-32-24-10-9-19(17(3)30)15-23(24)20-12-21(26-16(2)29(5)34-18(26)4)14-22(13-20)28-27(31)25-8-7-11-33-25/h7-15H,6H2,1-5H3/p+1. The van der Waals surface area contributed by atoms with Crippen molar-refractivity contribution >= 4 is 17.4 Å². The summed E-state index contributed by atoms with van der Waals surface area (Å²) in [6.45, 7) is 7.79. The van der Waals surface area contributed by atoms with Crippen LogP contribution >= 0.6 is 0 Å². The molecule has 2 aromatic carbocycles. The lowest BCUT2D eigenvalue weighted by Gasteiger charge is -2.15. The second-order valence-electron chi connectivity index (χ2n) is 8.04. The molecular weight excluding hydrogens is 432 g/mol. The molecule has 7 nitrogen and oxygen atoms in total. The van der Waals surface area contributed by atoms with E-state index in [1.807, 2.05) is 52.1 Å². The smallest absolute Gasteiger partial charge is 0.291 e. The highest BCUT2D eigenvalue weighted by atomic mass is 16.5. The van der Waals surface area contributed by atoms with Crippen LogP contribution in [0.25, 0.3) is 22.3 Å². The number of aryl methyl sites for hydroxylation is 2. The largest absolute Gasteiger partial charge is 0.493 e. The molecule has 2 heterocycles. The quantitative estimate of drug-likeness (QED) is 0.291. The number of aromatic nitrogens is 1. The van der Waals surface area contributed by atoms with Gasteiger partial charge in [0.15, 0.2) is 24.4 Å². The first-order valence-corrected chi connectivity index (χ1v) is 11.0. The number of Topliss-reactive ketones (excluding diaryl/α,β-unsaturated/α-hetero) is 1. The Balaban J connectivity index is 1.91. The van der Waals surface area contributed by atoms with E-state index in [9.17, 15) is 9.59 Å². The maximum atomic E-state index is 12.7. The molecular formula is C27H27N2O5+. The van der Waals surface area contributed by atoms with Crippen LogP contribution in [0.4, 0.5) is 5.69 Å². The van der Waals surface area contributed by atoms with E-state index in [0.717, 1.165) is 33.7 Å². The normalized spacial score (nSPS) is 10.9. The van der Waals surface area contributed by atoms with Gasteiger partial charge in [0.2, 0.25) is 5.69 Å². The number of rotatable bonds is 7. The number of furan rings is 1. The van der Waals surface area contributed by atoms with E-state index in [2.05, 4.69) is 5.32 Å². The van der Waals surface area contributed by atoms with E-state index in [1.165, 1.54) is 13.2 Å². The SMILES string of the molecule is CCOc1ccc(C(C)=O)cc1-c1cc(NC(=O)c2ccco2)cc(-c2c(C)o[n+](C)c2C)c1. The van der Waals surface area contributed by atoms with E-state index in [-0.39, 0.29) is 17.5 Å². The van der Waals surface area contributed by atoms with Crippen LogP contribution in [0.15, 0.2) is 63.7 Å². The van der Waals surface area contributed by atoms with Crippen LogP contribution in [0.3, 0.4) is 0 Å². The Morgan fingerprint density at radius 3 is 2.44 bits per heavy atom. The molecule has 4 rings (SSSR count). The molecule has 2 aromatic heterocycles. The highest BCUT2D eigenvalue weighted by molar-refractivity contribution is 6.03. The van der Waals surface area contributed by atoms with Crippen LogP contribution in [0.5, 0.6) is 5.75 Å². The first-order valence-electron chi connectivity index (χ1n) is 11.0. The fourth-order valence-corrected chi connectivity index (χ4v) is 4.00. The molecule has 4 aromatic rings. The average Bonchev–Trinajstić information content (AvgIpc) is 3.42. The number of hydrogen-bond acceptors (Lipinski definition) is 5. The highest BCUT2D eigenvalue weighted by Crippen LogP contribution is 2.37. The molecule has 0 unspecified atom stereocenters. The zero-order valence-corrected chi connectivity index (χ0v) is 19.9. The first kappa shape index (κ1) is 23.0. The Morgan fingerprint density at radius 2 is 1.82 bits per heavy atom.